The van der Waals surface area contributed by atoms with Gasteiger partial charge in [-0.25, -0.2) is 4.39 Å². The summed E-state index contributed by atoms with van der Waals surface area (Å²) < 4.78 is 13.1. The zero-order valence-electron chi connectivity index (χ0n) is 7.16. The van der Waals surface area contributed by atoms with Crippen LogP contribution >= 0.6 is 0 Å². The number of hydrogen-bond acceptors (Lipinski definition) is 2. The Bertz CT molecular complexity index is 174. The van der Waals surface area contributed by atoms with Crippen molar-refractivity contribution in [1.82, 2.24) is 4.90 Å². The molecule has 3 nitrogen and oxygen atoms in total. The molecule has 0 saturated carbocycles. The molecule has 12 heavy (non-hydrogen) atoms. The highest BCUT2D eigenvalue weighted by atomic mass is 19.1. The molecular formula is C8H14FNO2. The topological polar surface area (TPSA) is 40.5 Å². The first-order valence-corrected chi connectivity index (χ1v) is 4.16. The standard InChI is InChI=1S/C8H14FNO2/c1-10-4-2-6(8(11)12)7(9)3-5-10/h6-7H,2-5H2,1H3,(H,11,12). The molecule has 1 saturated heterocycles. The van der Waals surface area contributed by atoms with Crippen LogP contribution in [0.15, 0.2) is 0 Å². The van der Waals surface area contributed by atoms with Crippen LogP contribution in [0.3, 0.4) is 0 Å². The SMILES string of the molecule is CN1CCC(F)C(C(=O)O)CC1. The van der Waals surface area contributed by atoms with E-state index in [2.05, 4.69) is 0 Å². The molecule has 0 aromatic heterocycles. The van der Waals surface area contributed by atoms with E-state index in [9.17, 15) is 9.18 Å². The lowest BCUT2D eigenvalue weighted by Crippen LogP contribution is -2.24. The summed E-state index contributed by atoms with van der Waals surface area (Å²) in [5.41, 5.74) is 0. The number of likely N-dealkylation sites (tertiary alicyclic amines) is 1. The Morgan fingerprint density at radius 3 is 2.67 bits per heavy atom. The second kappa shape index (κ2) is 3.85. The Hall–Kier alpha value is -0.640. The summed E-state index contributed by atoms with van der Waals surface area (Å²) in [6.45, 7) is 1.34. The molecule has 1 N–H and O–H groups in total. The van der Waals surface area contributed by atoms with Crippen molar-refractivity contribution in [3.8, 4) is 0 Å². The van der Waals surface area contributed by atoms with E-state index in [-0.39, 0.29) is 0 Å². The summed E-state index contributed by atoms with van der Waals surface area (Å²) in [5, 5.41) is 8.66. The average Bonchev–Trinajstić information content (AvgIpc) is 2.14. The van der Waals surface area contributed by atoms with Gasteiger partial charge in [0.05, 0.1) is 5.92 Å². The van der Waals surface area contributed by atoms with Crippen LogP contribution in [-0.4, -0.2) is 42.3 Å². The van der Waals surface area contributed by atoms with Gasteiger partial charge in [-0.05, 0) is 26.4 Å². The van der Waals surface area contributed by atoms with Gasteiger partial charge in [0.1, 0.15) is 6.17 Å². The summed E-state index contributed by atoms with van der Waals surface area (Å²) in [7, 11) is 1.89. The van der Waals surface area contributed by atoms with Crippen LogP contribution < -0.4 is 0 Å². The first-order valence-electron chi connectivity index (χ1n) is 4.16. The maximum absolute atomic E-state index is 13.1. The number of nitrogens with zero attached hydrogens (tertiary/aromatic N) is 1. The minimum Gasteiger partial charge on any atom is -0.481 e. The minimum atomic E-state index is -1.17. The van der Waals surface area contributed by atoms with Gasteiger partial charge in [0.15, 0.2) is 0 Å². The number of hydrogen-bond donors (Lipinski definition) is 1. The molecule has 0 aromatic carbocycles. The third-order valence-electron chi connectivity index (χ3n) is 2.36. The lowest BCUT2D eigenvalue weighted by Gasteiger charge is -2.11. The average molecular weight is 175 g/mol. The van der Waals surface area contributed by atoms with E-state index in [0.717, 1.165) is 0 Å². The molecule has 1 fully saturated rings. The van der Waals surface area contributed by atoms with Gasteiger partial charge in [0.25, 0.3) is 0 Å². The third-order valence-corrected chi connectivity index (χ3v) is 2.36. The Labute approximate surface area is 71.2 Å². The highest BCUT2D eigenvalue weighted by Gasteiger charge is 2.30. The maximum atomic E-state index is 13.1. The zero-order chi connectivity index (χ0) is 9.14. The lowest BCUT2D eigenvalue weighted by molar-refractivity contribution is -0.144. The van der Waals surface area contributed by atoms with E-state index >= 15 is 0 Å². The second-order valence-electron chi connectivity index (χ2n) is 3.34. The predicted molar refractivity (Wildman–Crippen MR) is 42.8 cm³/mol. The monoisotopic (exact) mass is 175 g/mol. The van der Waals surface area contributed by atoms with Crippen LogP contribution in [0.1, 0.15) is 12.8 Å². The van der Waals surface area contributed by atoms with Crippen LogP contribution in [0.25, 0.3) is 0 Å². The van der Waals surface area contributed by atoms with E-state index in [0.29, 0.717) is 25.9 Å². The minimum absolute atomic E-state index is 0.341. The first kappa shape index (κ1) is 9.45. The van der Waals surface area contributed by atoms with Crippen molar-refractivity contribution in [3.05, 3.63) is 0 Å². The molecule has 1 rings (SSSR count). The Kier molecular flexibility index (Phi) is 3.03. The highest BCUT2D eigenvalue weighted by Crippen LogP contribution is 2.20. The number of carboxylic acid groups (broad SMARTS) is 1. The molecule has 2 unspecified atom stereocenters. The molecule has 70 valence electrons. The molecule has 1 aliphatic rings. The van der Waals surface area contributed by atoms with Crippen molar-refractivity contribution in [2.45, 2.75) is 19.0 Å². The van der Waals surface area contributed by atoms with Gasteiger partial charge in [0.2, 0.25) is 0 Å². The largest absolute Gasteiger partial charge is 0.481 e. The summed E-state index contributed by atoms with van der Waals surface area (Å²) >= 11 is 0. The van der Waals surface area contributed by atoms with Crippen molar-refractivity contribution in [3.63, 3.8) is 0 Å². The predicted octanol–water partition coefficient (Wildman–Crippen LogP) is 0.751. The van der Waals surface area contributed by atoms with Crippen molar-refractivity contribution in [2.24, 2.45) is 5.92 Å². The van der Waals surface area contributed by atoms with E-state index in [1.165, 1.54) is 0 Å². The number of alkyl halides is 1. The van der Waals surface area contributed by atoms with Crippen molar-refractivity contribution in [1.29, 1.82) is 0 Å². The lowest BCUT2D eigenvalue weighted by atomic mass is 9.99. The van der Waals surface area contributed by atoms with Crippen molar-refractivity contribution >= 4 is 5.97 Å². The first-order chi connectivity index (χ1) is 5.61. The van der Waals surface area contributed by atoms with Crippen LogP contribution in [0.4, 0.5) is 4.39 Å². The van der Waals surface area contributed by atoms with Crippen LogP contribution in [-0.2, 0) is 4.79 Å². The van der Waals surface area contributed by atoms with Crippen molar-refractivity contribution < 1.29 is 14.3 Å². The summed E-state index contributed by atoms with van der Waals surface area (Å²) in [4.78, 5) is 12.5. The van der Waals surface area contributed by atoms with Gasteiger partial charge < -0.3 is 10.0 Å². The van der Waals surface area contributed by atoms with Crippen LogP contribution in [0.2, 0.25) is 0 Å². The Morgan fingerprint density at radius 1 is 1.50 bits per heavy atom. The molecule has 0 radical (unpaired) electrons. The molecule has 0 bridgehead atoms. The Balaban J connectivity index is 2.56. The number of aliphatic carboxylic acids is 1. The fraction of sp³-hybridized carbons (Fsp3) is 0.875. The fourth-order valence-electron chi connectivity index (χ4n) is 1.48. The zero-order valence-corrected chi connectivity index (χ0v) is 7.16. The van der Waals surface area contributed by atoms with Gasteiger partial charge in [-0.1, -0.05) is 0 Å². The fourth-order valence-corrected chi connectivity index (χ4v) is 1.48. The molecule has 0 amide bonds. The van der Waals surface area contributed by atoms with Crippen molar-refractivity contribution in [2.75, 3.05) is 20.1 Å². The highest BCUT2D eigenvalue weighted by molar-refractivity contribution is 5.70. The van der Waals surface area contributed by atoms with Gasteiger partial charge in [-0.2, -0.15) is 0 Å². The molecule has 4 heteroatoms. The van der Waals surface area contributed by atoms with E-state index in [1.807, 2.05) is 11.9 Å². The summed E-state index contributed by atoms with van der Waals surface area (Å²) in [5.74, 6) is -1.80. The number of carbonyl (C=O) groups is 1. The molecule has 0 aromatic rings. The molecular weight excluding hydrogens is 161 g/mol. The van der Waals surface area contributed by atoms with E-state index in [1.54, 1.807) is 0 Å². The number of rotatable bonds is 1. The van der Waals surface area contributed by atoms with E-state index in [4.69, 9.17) is 5.11 Å². The molecule has 0 spiro atoms. The molecule has 0 aliphatic carbocycles. The second-order valence-corrected chi connectivity index (χ2v) is 3.34. The van der Waals surface area contributed by atoms with E-state index < -0.39 is 18.1 Å². The molecule has 1 aliphatic heterocycles. The quantitative estimate of drug-likeness (QED) is 0.639. The maximum Gasteiger partial charge on any atom is 0.309 e. The smallest absolute Gasteiger partial charge is 0.309 e. The van der Waals surface area contributed by atoms with Gasteiger partial charge in [0, 0.05) is 6.54 Å². The van der Waals surface area contributed by atoms with Gasteiger partial charge in [-0.3, -0.25) is 4.79 Å². The normalized spacial score (nSPS) is 32.8. The molecule has 2 atom stereocenters. The summed E-state index contributed by atoms with van der Waals surface area (Å²) in [6.07, 6.45) is -0.409. The summed E-state index contributed by atoms with van der Waals surface area (Å²) in [6, 6.07) is 0. The number of halogens is 1. The Morgan fingerprint density at radius 2 is 2.08 bits per heavy atom. The number of carboxylic acids is 1. The molecule has 1 heterocycles. The third kappa shape index (κ3) is 2.17. The van der Waals surface area contributed by atoms with Gasteiger partial charge >= 0.3 is 5.97 Å². The van der Waals surface area contributed by atoms with Crippen LogP contribution in [0, 0.1) is 5.92 Å². The van der Waals surface area contributed by atoms with Crippen LogP contribution in [0.5, 0.6) is 0 Å². The van der Waals surface area contributed by atoms with Gasteiger partial charge in [-0.15, -0.1) is 0 Å².